The minimum atomic E-state index is -4.13. The molecule has 0 saturated carbocycles. The maximum atomic E-state index is 14.0. The molecule has 0 aliphatic heterocycles. The van der Waals surface area contributed by atoms with Crippen molar-refractivity contribution in [2.45, 2.75) is 44.7 Å². The molecular formula is C28H31Cl2N3O4S. The molecule has 0 aliphatic carbocycles. The standard InChI is InChI=1S/C28H31Cl2N3O4S/c1-5-25(28(35)31-4)32(17-21-14-15-22(29)16-24(21)30)27(34)18-33(26-13-9-10-19(2)20(26)3)38(36,37)23-11-7-6-8-12-23/h6-16,25H,5,17-18H2,1-4H3,(H,31,35)/t25-/m0/s1. The molecule has 0 aliphatic rings. The summed E-state index contributed by atoms with van der Waals surface area (Å²) in [6.45, 7) is 4.95. The van der Waals surface area contributed by atoms with Crippen LogP contribution in [0.15, 0.2) is 71.6 Å². The maximum absolute atomic E-state index is 14.0. The van der Waals surface area contributed by atoms with E-state index in [0.29, 0.717) is 27.7 Å². The molecule has 1 atom stereocenters. The molecule has 3 aromatic carbocycles. The summed E-state index contributed by atoms with van der Waals surface area (Å²) in [5, 5.41) is 3.37. The van der Waals surface area contributed by atoms with E-state index in [1.54, 1.807) is 55.5 Å². The number of halogens is 2. The number of nitrogens with one attached hydrogen (secondary N) is 1. The fourth-order valence-corrected chi connectivity index (χ4v) is 6.12. The summed E-state index contributed by atoms with van der Waals surface area (Å²) in [7, 11) is -2.63. The van der Waals surface area contributed by atoms with E-state index in [4.69, 9.17) is 23.2 Å². The van der Waals surface area contributed by atoms with Gasteiger partial charge in [-0.05, 0) is 67.3 Å². The molecule has 202 valence electrons. The Kier molecular flexibility index (Phi) is 9.82. The highest BCUT2D eigenvalue weighted by Gasteiger charge is 2.34. The Morgan fingerprint density at radius 3 is 2.26 bits per heavy atom. The van der Waals surface area contributed by atoms with Crippen molar-refractivity contribution in [1.29, 1.82) is 0 Å². The van der Waals surface area contributed by atoms with Gasteiger partial charge in [0, 0.05) is 23.6 Å². The van der Waals surface area contributed by atoms with Crippen LogP contribution in [0, 0.1) is 13.8 Å². The SMILES string of the molecule is CC[C@@H](C(=O)NC)N(Cc1ccc(Cl)cc1Cl)C(=O)CN(c1cccc(C)c1C)S(=O)(=O)c1ccccc1. The first-order valence-electron chi connectivity index (χ1n) is 12.1. The van der Waals surface area contributed by atoms with Gasteiger partial charge in [0.2, 0.25) is 11.8 Å². The maximum Gasteiger partial charge on any atom is 0.264 e. The molecule has 0 saturated heterocycles. The fourth-order valence-electron chi connectivity index (χ4n) is 4.16. The molecule has 7 nitrogen and oxygen atoms in total. The van der Waals surface area contributed by atoms with Crippen molar-refractivity contribution in [2.24, 2.45) is 0 Å². The monoisotopic (exact) mass is 575 g/mol. The average Bonchev–Trinajstić information content (AvgIpc) is 2.90. The van der Waals surface area contributed by atoms with Crippen LogP contribution in [0.4, 0.5) is 5.69 Å². The van der Waals surface area contributed by atoms with E-state index in [0.717, 1.165) is 15.4 Å². The third-order valence-electron chi connectivity index (χ3n) is 6.44. The van der Waals surface area contributed by atoms with E-state index in [1.807, 2.05) is 19.9 Å². The van der Waals surface area contributed by atoms with E-state index >= 15 is 0 Å². The van der Waals surface area contributed by atoms with E-state index in [-0.39, 0.29) is 17.3 Å². The molecule has 3 rings (SSSR count). The third-order valence-corrected chi connectivity index (χ3v) is 8.80. The van der Waals surface area contributed by atoms with Gasteiger partial charge in [-0.3, -0.25) is 13.9 Å². The Morgan fingerprint density at radius 2 is 1.66 bits per heavy atom. The van der Waals surface area contributed by atoms with Gasteiger partial charge in [0.1, 0.15) is 12.6 Å². The quantitative estimate of drug-likeness (QED) is 0.352. The zero-order chi connectivity index (χ0) is 28.0. The number of likely N-dealkylation sites (N-methyl/N-ethyl adjacent to an activating group) is 1. The normalized spacial score (nSPS) is 12.1. The van der Waals surface area contributed by atoms with Gasteiger partial charge in [0.15, 0.2) is 0 Å². The van der Waals surface area contributed by atoms with Crippen LogP contribution in [-0.4, -0.2) is 44.8 Å². The van der Waals surface area contributed by atoms with Gasteiger partial charge in [0.05, 0.1) is 10.6 Å². The molecule has 0 aromatic heterocycles. The Balaban J connectivity index is 2.11. The lowest BCUT2D eigenvalue weighted by Gasteiger charge is -2.33. The van der Waals surface area contributed by atoms with E-state index < -0.39 is 28.5 Å². The largest absolute Gasteiger partial charge is 0.357 e. The summed E-state index contributed by atoms with van der Waals surface area (Å²) in [5.41, 5.74) is 2.57. The Labute approximate surface area is 234 Å². The highest BCUT2D eigenvalue weighted by atomic mass is 35.5. The number of sulfonamides is 1. The number of anilines is 1. The molecule has 10 heteroatoms. The van der Waals surface area contributed by atoms with Crippen LogP contribution in [0.3, 0.4) is 0 Å². The number of nitrogens with zero attached hydrogens (tertiary/aromatic N) is 2. The molecule has 1 N–H and O–H groups in total. The topological polar surface area (TPSA) is 86.8 Å². The first kappa shape index (κ1) is 29.5. The van der Waals surface area contributed by atoms with Crippen LogP contribution in [0.5, 0.6) is 0 Å². The molecule has 3 aromatic rings. The first-order chi connectivity index (χ1) is 18.0. The summed E-state index contributed by atoms with van der Waals surface area (Å²) < 4.78 is 28.9. The van der Waals surface area contributed by atoms with Crippen molar-refractivity contribution in [1.82, 2.24) is 10.2 Å². The molecule has 0 unspecified atom stereocenters. The molecule has 0 spiro atoms. The van der Waals surface area contributed by atoms with Gasteiger partial charge in [-0.1, -0.05) is 66.5 Å². The average molecular weight is 577 g/mol. The zero-order valence-electron chi connectivity index (χ0n) is 21.7. The molecule has 2 amide bonds. The lowest BCUT2D eigenvalue weighted by atomic mass is 10.1. The van der Waals surface area contributed by atoms with Gasteiger partial charge >= 0.3 is 0 Å². The predicted molar refractivity (Wildman–Crippen MR) is 152 cm³/mol. The number of rotatable bonds is 10. The molecule has 0 heterocycles. The lowest BCUT2D eigenvalue weighted by Crippen LogP contribution is -2.51. The van der Waals surface area contributed by atoms with Gasteiger partial charge in [-0.25, -0.2) is 8.42 Å². The molecule has 0 fully saturated rings. The van der Waals surface area contributed by atoms with Crippen LogP contribution in [0.25, 0.3) is 0 Å². The van der Waals surface area contributed by atoms with Gasteiger partial charge < -0.3 is 10.2 Å². The van der Waals surface area contributed by atoms with Crippen molar-refractivity contribution in [3.63, 3.8) is 0 Å². The summed E-state index contributed by atoms with van der Waals surface area (Å²) in [5.74, 6) is -0.915. The number of carbonyl (C=O) groups is 2. The Morgan fingerprint density at radius 1 is 0.974 bits per heavy atom. The van der Waals surface area contributed by atoms with Crippen LogP contribution < -0.4 is 9.62 Å². The summed E-state index contributed by atoms with van der Waals surface area (Å²) in [6.07, 6.45) is 0.311. The molecule has 0 radical (unpaired) electrons. The number of hydrogen-bond donors (Lipinski definition) is 1. The van der Waals surface area contributed by atoms with Crippen LogP contribution in [0.1, 0.15) is 30.0 Å². The molecule has 0 bridgehead atoms. The predicted octanol–water partition coefficient (Wildman–Crippen LogP) is 5.36. The minimum absolute atomic E-state index is 0.00716. The Hall–Kier alpha value is -3.07. The van der Waals surface area contributed by atoms with Crippen molar-refractivity contribution in [3.05, 3.63) is 93.5 Å². The number of hydrogen-bond acceptors (Lipinski definition) is 4. The highest BCUT2D eigenvalue weighted by molar-refractivity contribution is 7.92. The smallest absolute Gasteiger partial charge is 0.264 e. The van der Waals surface area contributed by atoms with Gasteiger partial charge in [-0.15, -0.1) is 0 Å². The van der Waals surface area contributed by atoms with Gasteiger partial charge in [0.25, 0.3) is 10.0 Å². The van der Waals surface area contributed by atoms with E-state index in [1.165, 1.54) is 24.1 Å². The second-order valence-corrected chi connectivity index (χ2v) is 11.5. The van der Waals surface area contributed by atoms with Crippen molar-refractivity contribution >= 4 is 50.7 Å². The van der Waals surface area contributed by atoms with Crippen molar-refractivity contribution in [3.8, 4) is 0 Å². The van der Waals surface area contributed by atoms with Crippen LogP contribution in [0.2, 0.25) is 10.0 Å². The van der Waals surface area contributed by atoms with Gasteiger partial charge in [-0.2, -0.15) is 0 Å². The molecule has 38 heavy (non-hydrogen) atoms. The zero-order valence-corrected chi connectivity index (χ0v) is 24.1. The highest BCUT2D eigenvalue weighted by Crippen LogP contribution is 2.30. The Bertz CT molecular complexity index is 1410. The third kappa shape index (κ3) is 6.49. The van der Waals surface area contributed by atoms with E-state index in [2.05, 4.69) is 5.32 Å². The number of benzene rings is 3. The summed E-state index contributed by atoms with van der Waals surface area (Å²) in [6, 6.07) is 17.3. The van der Waals surface area contributed by atoms with Crippen LogP contribution in [-0.2, 0) is 26.2 Å². The first-order valence-corrected chi connectivity index (χ1v) is 14.3. The lowest BCUT2D eigenvalue weighted by molar-refractivity contribution is -0.140. The fraction of sp³-hybridized carbons (Fsp3) is 0.286. The second kappa shape index (κ2) is 12.7. The van der Waals surface area contributed by atoms with Crippen molar-refractivity contribution < 1.29 is 18.0 Å². The van der Waals surface area contributed by atoms with E-state index in [9.17, 15) is 18.0 Å². The number of carbonyl (C=O) groups excluding carboxylic acids is 2. The summed E-state index contributed by atoms with van der Waals surface area (Å²) in [4.78, 5) is 28.2. The summed E-state index contributed by atoms with van der Waals surface area (Å²) >= 11 is 12.5. The van der Waals surface area contributed by atoms with Crippen molar-refractivity contribution in [2.75, 3.05) is 17.9 Å². The number of amides is 2. The minimum Gasteiger partial charge on any atom is -0.357 e. The number of aryl methyl sites for hydroxylation is 1. The second-order valence-electron chi connectivity index (χ2n) is 8.84. The van der Waals surface area contributed by atoms with Crippen LogP contribution >= 0.6 is 23.2 Å². The molecular weight excluding hydrogens is 545 g/mol.